The summed E-state index contributed by atoms with van der Waals surface area (Å²) in [5.41, 5.74) is 3.34. The van der Waals surface area contributed by atoms with Gasteiger partial charge in [0, 0.05) is 47.8 Å². The average Bonchev–Trinajstić information content (AvgIpc) is 3.21. The van der Waals surface area contributed by atoms with Crippen LogP contribution in [0.2, 0.25) is 0 Å². The molecule has 1 aromatic heterocycles. The third-order valence-electron chi connectivity index (χ3n) is 6.42. The quantitative estimate of drug-likeness (QED) is 0.0515. The number of carbonyl (C=O) groups excluding carboxylic acids is 2. The Labute approximate surface area is 231 Å². The second-order valence-electron chi connectivity index (χ2n) is 9.04. The van der Waals surface area contributed by atoms with Gasteiger partial charge in [0.25, 0.3) is 5.69 Å². The number of ketones is 1. The standard InChI is InChI=1S/C31H30N2O7/c1-4-38-31(35)30-21(2)32(3)28-15-14-26(20-27(28)30)40-18-6-17-39-25-12-10-23(11-13-25)29(34)16-9-22-7-5-8-24(19-22)33(36)37/h5,7-16,19-20H,4,6,17-18H2,1-3H3. The number of non-ortho nitro benzene ring substituents is 1. The number of rotatable bonds is 12. The van der Waals surface area contributed by atoms with Crippen LogP contribution in [-0.2, 0) is 11.8 Å². The number of esters is 1. The molecule has 0 saturated carbocycles. The summed E-state index contributed by atoms with van der Waals surface area (Å²) in [5, 5.41) is 11.7. The zero-order valence-corrected chi connectivity index (χ0v) is 22.6. The highest BCUT2D eigenvalue weighted by Gasteiger charge is 2.20. The maximum absolute atomic E-state index is 12.5. The topological polar surface area (TPSA) is 110 Å². The van der Waals surface area contributed by atoms with Crippen molar-refractivity contribution in [3.05, 3.63) is 105 Å². The van der Waals surface area contributed by atoms with Gasteiger partial charge in [-0.05, 0) is 68.0 Å². The molecule has 0 saturated heterocycles. The van der Waals surface area contributed by atoms with Gasteiger partial charge in [0.15, 0.2) is 5.78 Å². The van der Waals surface area contributed by atoms with Crippen LogP contribution >= 0.6 is 0 Å². The second-order valence-corrected chi connectivity index (χ2v) is 9.04. The number of aryl methyl sites for hydroxylation is 1. The molecule has 0 unspecified atom stereocenters. The van der Waals surface area contributed by atoms with Crippen LogP contribution in [-0.4, -0.2) is 41.1 Å². The molecule has 9 nitrogen and oxygen atoms in total. The fraction of sp³-hybridized carbons (Fsp3) is 0.226. The number of hydrogen-bond acceptors (Lipinski definition) is 7. The van der Waals surface area contributed by atoms with Gasteiger partial charge < -0.3 is 18.8 Å². The van der Waals surface area contributed by atoms with Crippen molar-refractivity contribution in [2.24, 2.45) is 7.05 Å². The van der Waals surface area contributed by atoms with Crippen molar-refractivity contribution < 1.29 is 28.7 Å². The third-order valence-corrected chi connectivity index (χ3v) is 6.42. The Bertz CT molecular complexity index is 1570. The highest BCUT2D eigenvalue weighted by Crippen LogP contribution is 2.29. The first-order valence-electron chi connectivity index (χ1n) is 12.9. The molecule has 9 heteroatoms. The molecule has 0 atom stereocenters. The van der Waals surface area contributed by atoms with Crippen LogP contribution in [0.4, 0.5) is 5.69 Å². The molecule has 3 aromatic carbocycles. The molecule has 0 bridgehead atoms. The van der Waals surface area contributed by atoms with E-state index >= 15 is 0 Å². The highest BCUT2D eigenvalue weighted by molar-refractivity contribution is 6.07. The van der Waals surface area contributed by atoms with Crippen molar-refractivity contribution in [3.63, 3.8) is 0 Å². The molecule has 0 aliphatic carbocycles. The minimum atomic E-state index is -0.475. The lowest BCUT2D eigenvalue weighted by Crippen LogP contribution is -2.06. The monoisotopic (exact) mass is 542 g/mol. The number of nitro benzene ring substituents is 1. The van der Waals surface area contributed by atoms with Crippen LogP contribution in [0, 0.1) is 17.0 Å². The van der Waals surface area contributed by atoms with Gasteiger partial charge in [-0.2, -0.15) is 0 Å². The minimum absolute atomic E-state index is 0.0306. The van der Waals surface area contributed by atoms with Crippen LogP contribution in [0.3, 0.4) is 0 Å². The molecular weight excluding hydrogens is 512 g/mol. The van der Waals surface area contributed by atoms with Crippen LogP contribution in [0.5, 0.6) is 11.5 Å². The molecule has 1 heterocycles. The Morgan fingerprint density at radius 1 is 0.975 bits per heavy atom. The van der Waals surface area contributed by atoms with Gasteiger partial charge in [0.05, 0.1) is 30.3 Å². The lowest BCUT2D eigenvalue weighted by Gasteiger charge is -2.09. The Balaban J connectivity index is 1.27. The molecule has 4 aromatic rings. The van der Waals surface area contributed by atoms with E-state index in [0.29, 0.717) is 54.4 Å². The van der Waals surface area contributed by atoms with Crippen LogP contribution in [0.1, 0.15) is 45.3 Å². The summed E-state index contributed by atoms with van der Waals surface area (Å²) in [6.45, 7) is 4.82. The predicted molar refractivity (Wildman–Crippen MR) is 152 cm³/mol. The number of ether oxygens (including phenoxy) is 3. The smallest absolute Gasteiger partial charge is 0.340 e. The average molecular weight is 543 g/mol. The number of nitrogens with zero attached hydrogens (tertiary/aromatic N) is 2. The van der Waals surface area contributed by atoms with Gasteiger partial charge in [-0.15, -0.1) is 0 Å². The summed E-state index contributed by atoms with van der Waals surface area (Å²) in [6, 6.07) is 18.5. The number of benzene rings is 3. The van der Waals surface area contributed by atoms with Crippen LogP contribution < -0.4 is 9.47 Å². The normalized spacial score (nSPS) is 11.1. The first-order chi connectivity index (χ1) is 19.3. The molecule has 0 fully saturated rings. The Morgan fingerprint density at radius 3 is 2.38 bits per heavy atom. The summed E-state index contributed by atoms with van der Waals surface area (Å²) >= 11 is 0. The molecule has 40 heavy (non-hydrogen) atoms. The van der Waals surface area contributed by atoms with E-state index in [1.54, 1.807) is 49.4 Å². The van der Waals surface area contributed by atoms with E-state index in [1.807, 2.05) is 36.7 Å². The minimum Gasteiger partial charge on any atom is -0.493 e. The largest absolute Gasteiger partial charge is 0.493 e. The summed E-state index contributed by atoms with van der Waals surface area (Å²) < 4.78 is 18.9. The molecule has 4 rings (SSSR count). The fourth-order valence-corrected chi connectivity index (χ4v) is 4.27. The summed E-state index contributed by atoms with van der Waals surface area (Å²) in [6.07, 6.45) is 3.56. The van der Waals surface area contributed by atoms with Crippen molar-refractivity contribution in [2.75, 3.05) is 19.8 Å². The second kappa shape index (κ2) is 12.8. The lowest BCUT2D eigenvalue weighted by atomic mass is 10.1. The predicted octanol–water partition coefficient (Wildman–Crippen LogP) is 6.32. The van der Waals surface area contributed by atoms with E-state index in [1.165, 1.54) is 18.2 Å². The number of hydrogen-bond donors (Lipinski definition) is 0. The SMILES string of the molecule is CCOC(=O)c1c(C)n(C)c2ccc(OCCCOc3ccc(C(=O)C=Cc4cccc([N+](=O)[O-])c4)cc3)cc12. The molecule has 206 valence electrons. The van der Waals surface area contributed by atoms with Crippen molar-refractivity contribution in [2.45, 2.75) is 20.3 Å². The van der Waals surface area contributed by atoms with E-state index in [9.17, 15) is 19.7 Å². The van der Waals surface area contributed by atoms with E-state index in [4.69, 9.17) is 14.2 Å². The van der Waals surface area contributed by atoms with Crippen molar-refractivity contribution >= 4 is 34.4 Å². The van der Waals surface area contributed by atoms with E-state index < -0.39 is 4.92 Å². The van der Waals surface area contributed by atoms with Crippen LogP contribution in [0.25, 0.3) is 17.0 Å². The molecule has 0 N–H and O–H groups in total. The van der Waals surface area contributed by atoms with Gasteiger partial charge in [0.2, 0.25) is 0 Å². The summed E-state index contributed by atoms with van der Waals surface area (Å²) in [5.74, 6) is 0.717. The Morgan fingerprint density at radius 2 is 1.68 bits per heavy atom. The maximum atomic E-state index is 12.5. The highest BCUT2D eigenvalue weighted by atomic mass is 16.6. The Kier molecular flexibility index (Phi) is 8.96. The van der Waals surface area contributed by atoms with Gasteiger partial charge in [-0.1, -0.05) is 18.2 Å². The zero-order chi connectivity index (χ0) is 28.6. The van der Waals surface area contributed by atoms with Gasteiger partial charge in [-0.3, -0.25) is 14.9 Å². The Hall–Kier alpha value is -4.92. The summed E-state index contributed by atoms with van der Waals surface area (Å²) in [7, 11) is 1.91. The number of allylic oxidation sites excluding steroid dienone is 1. The molecular formula is C31H30N2O7. The molecule has 0 aliphatic rings. The maximum Gasteiger partial charge on any atom is 0.340 e. The van der Waals surface area contributed by atoms with Crippen molar-refractivity contribution in [1.29, 1.82) is 0 Å². The van der Waals surface area contributed by atoms with E-state index in [0.717, 1.165) is 16.6 Å². The van der Waals surface area contributed by atoms with Crippen LogP contribution in [0.15, 0.2) is 72.8 Å². The number of aromatic nitrogens is 1. The number of carbonyl (C=O) groups is 2. The van der Waals surface area contributed by atoms with E-state index in [2.05, 4.69) is 0 Å². The first-order valence-corrected chi connectivity index (χ1v) is 12.9. The van der Waals surface area contributed by atoms with Gasteiger partial charge >= 0.3 is 5.97 Å². The first kappa shape index (κ1) is 28.1. The third kappa shape index (κ3) is 6.55. The molecule has 0 radical (unpaired) electrons. The van der Waals surface area contributed by atoms with E-state index in [-0.39, 0.29) is 17.4 Å². The number of nitro groups is 1. The van der Waals surface area contributed by atoms with Crippen molar-refractivity contribution in [3.8, 4) is 11.5 Å². The zero-order valence-electron chi connectivity index (χ0n) is 22.6. The van der Waals surface area contributed by atoms with Gasteiger partial charge in [0.1, 0.15) is 11.5 Å². The fourth-order valence-electron chi connectivity index (χ4n) is 4.27. The summed E-state index contributed by atoms with van der Waals surface area (Å²) in [4.78, 5) is 35.4. The molecule has 0 amide bonds. The van der Waals surface area contributed by atoms with Crippen molar-refractivity contribution in [1.82, 2.24) is 4.57 Å². The van der Waals surface area contributed by atoms with Gasteiger partial charge in [-0.25, -0.2) is 4.79 Å². The number of fused-ring (bicyclic) bond motifs is 1. The lowest BCUT2D eigenvalue weighted by molar-refractivity contribution is -0.384. The molecule has 0 spiro atoms. The molecule has 0 aliphatic heterocycles.